The standard InChI is InChI=1S/C13H9Cl2FN2O2/c14-11-12(15)17-6-18(13(11)19)5-9-4-7-3-8(16)1-2-10(7)20-9/h1-3,6,9H,4-5H2. The molecule has 4 nitrogen and oxygen atoms in total. The molecule has 0 saturated carbocycles. The summed E-state index contributed by atoms with van der Waals surface area (Å²) >= 11 is 11.4. The second-order valence-corrected chi connectivity index (χ2v) is 5.24. The molecule has 0 fully saturated rings. The van der Waals surface area contributed by atoms with Crippen molar-refractivity contribution >= 4 is 23.2 Å². The first-order chi connectivity index (χ1) is 9.54. The molecule has 2 heterocycles. The Morgan fingerprint density at radius 3 is 3.05 bits per heavy atom. The normalized spacial score (nSPS) is 16.9. The average molecular weight is 315 g/mol. The number of hydrogen-bond acceptors (Lipinski definition) is 3. The molecule has 0 spiro atoms. The van der Waals surface area contributed by atoms with Gasteiger partial charge >= 0.3 is 0 Å². The smallest absolute Gasteiger partial charge is 0.273 e. The summed E-state index contributed by atoms with van der Waals surface area (Å²) in [5.41, 5.74) is 0.369. The maximum absolute atomic E-state index is 13.1. The van der Waals surface area contributed by atoms with Crippen LogP contribution in [0.1, 0.15) is 5.56 Å². The van der Waals surface area contributed by atoms with Gasteiger partial charge in [-0.05, 0) is 18.2 Å². The predicted octanol–water partition coefficient (Wildman–Crippen LogP) is 2.69. The van der Waals surface area contributed by atoms with Crippen LogP contribution < -0.4 is 10.3 Å². The van der Waals surface area contributed by atoms with Crippen molar-refractivity contribution < 1.29 is 9.13 Å². The topological polar surface area (TPSA) is 44.1 Å². The van der Waals surface area contributed by atoms with Crippen LogP contribution in [-0.4, -0.2) is 15.7 Å². The first-order valence-electron chi connectivity index (χ1n) is 5.90. The highest BCUT2D eigenvalue weighted by atomic mass is 35.5. The van der Waals surface area contributed by atoms with Crippen molar-refractivity contribution in [3.05, 3.63) is 56.4 Å². The first kappa shape index (κ1) is 13.4. The third kappa shape index (κ3) is 2.39. The number of ether oxygens (including phenoxy) is 1. The van der Waals surface area contributed by atoms with Crippen molar-refractivity contribution in [3.63, 3.8) is 0 Å². The van der Waals surface area contributed by atoms with E-state index in [4.69, 9.17) is 27.9 Å². The Balaban J connectivity index is 1.82. The van der Waals surface area contributed by atoms with E-state index in [0.717, 1.165) is 5.56 Å². The summed E-state index contributed by atoms with van der Waals surface area (Å²) in [6, 6.07) is 4.36. The second kappa shape index (κ2) is 5.07. The van der Waals surface area contributed by atoms with Gasteiger partial charge in [-0.1, -0.05) is 23.2 Å². The van der Waals surface area contributed by atoms with Crippen LogP contribution >= 0.6 is 23.2 Å². The van der Waals surface area contributed by atoms with Gasteiger partial charge in [0.15, 0.2) is 5.15 Å². The fraction of sp³-hybridized carbons (Fsp3) is 0.231. The number of fused-ring (bicyclic) bond motifs is 1. The fourth-order valence-electron chi connectivity index (χ4n) is 2.18. The summed E-state index contributed by atoms with van der Waals surface area (Å²) < 4.78 is 20.1. The number of nitrogens with zero attached hydrogens (tertiary/aromatic N) is 2. The molecule has 0 saturated heterocycles. The van der Waals surface area contributed by atoms with Crippen LogP contribution in [0, 0.1) is 5.82 Å². The van der Waals surface area contributed by atoms with E-state index in [9.17, 15) is 9.18 Å². The third-order valence-electron chi connectivity index (χ3n) is 3.10. The van der Waals surface area contributed by atoms with Gasteiger partial charge in [0.1, 0.15) is 22.7 Å². The predicted molar refractivity (Wildman–Crippen MR) is 73.0 cm³/mol. The van der Waals surface area contributed by atoms with Gasteiger partial charge in [-0.25, -0.2) is 9.37 Å². The lowest BCUT2D eigenvalue weighted by Gasteiger charge is -2.12. The van der Waals surface area contributed by atoms with E-state index in [2.05, 4.69) is 4.98 Å². The van der Waals surface area contributed by atoms with Crippen molar-refractivity contribution in [3.8, 4) is 5.75 Å². The second-order valence-electron chi connectivity index (χ2n) is 4.50. The van der Waals surface area contributed by atoms with E-state index >= 15 is 0 Å². The van der Waals surface area contributed by atoms with Crippen LogP contribution in [0.2, 0.25) is 10.2 Å². The Kier molecular flexibility index (Phi) is 3.40. The lowest BCUT2D eigenvalue weighted by molar-refractivity contribution is 0.207. The van der Waals surface area contributed by atoms with E-state index in [-0.39, 0.29) is 28.6 Å². The Morgan fingerprint density at radius 1 is 1.45 bits per heavy atom. The van der Waals surface area contributed by atoms with Gasteiger partial charge in [0.2, 0.25) is 0 Å². The summed E-state index contributed by atoms with van der Waals surface area (Å²) in [6.07, 6.45) is 1.59. The van der Waals surface area contributed by atoms with Crippen LogP contribution in [-0.2, 0) is 13.0 Å². The lowest BCUT2D eigenvalue weighted by atomic mass is 10.1. The summed E-state index contributed by atoms with van der Waals surface area (Å²) in [4.78, 5) is 15.7. The fourth-order valence-corrected chi connectivity index (χ4v) is 2.47. The summed E-state index contributed by atoms with van der Waals surface area (Å²) in [7, 11) is 0. The Hall–Kier alpha value is -1.59. The zero-order chi connectivity index (χ0) is 14.3. The molecule has 1 aromatic heterocycles. The van der Waals surface area contributed by atoms with Gasteiger partial charge in [0, 0.05) is 12.0 Å². The minimum absolute atomic E-state index is 0.0226. The van der Waals surface area contributed by atoms with E-state index < -0.39 is 5.56 Å². The van der Waals surface area contributed by atoms with Crippen LogP contribution in [0.3, 0.4) is 0 Å². The lowest BCUT2D eigenvalue weighted by Crippen LogP contribution is -2.29. The number of rotatable bonds is 2. The Morgan fingerprint density at radius 2 is 2.25 bits per heavy atom. The molecular weight excluding hydrogens is 306 g/mol. The summed E-state index contributed by atoms with van der Waals surface area (Å²) in [6.45, 7) is 0.277. The van der Waals surface area contributed by atoms with E-state index in [1.807, 2.05) is 0 Å². The molecule has 3 rings (SSSR count). The van der Waals surface area contributed by atoms with E-state index in [1.165, 1.54) is 23.0 Å². The van der Waals surface area contributed by atoms with E-state index in [1.54, 1.807) is 6.07 Å². The van der Waals surface area contributed by atoms with Crippen molar-refractivity contribution in [2.75, 3.05) is 0 Å². The molecule has 1 aliphatic rings. The van der Waals surface area contributed by atoms with Crippen molar-refractivity contribution in [1.82, 2.24) is 9.55 Å². The third-order valence-corrected chi connectivity index (χ3v) is 3.83. The highest BCUT2D eigenvalue weighted by Gasteiger charge is 2.24. The van der Waals surface area contributed by atoms with Crippen LogP contribution in [0.5, 0.6) is 5.75 Å². The number of aromatic nitrogens is 2. The van der Waals surface area contributed by atoms with Crippen molar-refractivity contribution in [1.29, 1.82) is 0 Å². The molecule has 0 radical (unpaired) electrons. The van der Waals surface area contributed by atoms with Gasteiger partial charge in [0.05, 0.1) is 12.9 Å². The molecule has 0 amide bonds. The molecule has 0 N–H and O–H groups in total. The van der Waals surface area contributed by atoms with Crippen LogP contribution in [0.15, 0.2) is 29.3 Å². The van der Waals surface area contributed by atoms with Crippen molar-refractivity contribution in [2.24, 2.45) is 0 Å². The molecule has 1 unspecified atom stereocenters. The van der Waals surface area contributed by atoms with Gasteiger partial charge in [0.25, 0.3) is 5.56 Å². The molecule has 1 aromatic carbocycles. The van der Waals surface area contributed by atoms with Gasteiger partial charge in [-0.3, -0.25) is 9.36 Å². The summed E-state index contributed by atoms with van der Waals surface area (Å²) in [5.74, 6) is 0.332. The molecular formula is C13H9Cl2FN2O2. The highest BCUT2D eigenvalue weighted by Crippen LogP contribution is 2.29. The van der Waals surface area contributed by atoms with Crippen LogP contribution in [0.4, 0.5) is 4.39 Å². The molecule has 20 heavy (non-hydrogen) atoms. The van der Waals surface area contributed by atoms with Gasteiger partial charge < -0.3 is 4.74 Å². The first-order valence-corrected chi connectivity index (χ1v) is 6.65. The Labute approximate surface area is 123 Å². The Bertz CT molecular complexity index is 733. The average Bonchev–Trinajstić information content (AvgIpc) is 2.81. The minimum atomic E-state index is -0.419. The van der Waals surface area contributed by atoms with Gasteiger partial charge in [-0.2, -0.15) is 0 Å². The van der Waals surface area contributed by atoms with Gasteiger partial charge in [-0.15, -0.1) is 0 Å². The zero-order valence-corrected chi connectivity index (χ0v) is 11.7. The molecule has 1 aliphatic heterocycles. The summed E-state index contributed by atoms with van der Waals surface area (Å²) in [5, 5.41) is -0.138. The molecule has 7 heteroatoms. The number of hydrogen-bond donors (Lipinski definition) is 0. The molecule has 0 aliphatic carbocycles. The molecule has 0 bridgehead atoms. The number of halogens is 3. The highest BCUT2D eigenvalue weighted by molar-refractivity contribution is 6.40. The molecule has 104 valence electrons. The SMILES string of the molecule is O=c1c(Cl)c(Cl)ncn1CC1Cc2cc(F)ccc2O1. The van der Waals surface area contributed by atoms with E-state index in [0.29, 0.717) is 12.2 Å². The minimum Gasteiger partial charge on any atom is -0.488 e. The zero-order valence-electron chi connectivity index (χ0n) is 10.1. The largest absolute Gasteiger partial charge is 0.488 e. The molecule has 2 aromatic rings. The monoisotopic (exact) mass is 314 g/mol. The number of benzene rings is 1. The quantitative estimate of drug-likeness (QED) is 0.801. The maximum Gasteiger partial charge on any atom is 0.273 e. The van der Waals surface area contributed by atoms with Crippen molar-refractivity contribution in [2.45, 2.75) is 19.1 Å². The molecule has 1 atom stereocenters. The maximum atomic E-state index is 13.1. The van der Waals surface area contributed by atoms with Crippen LogP contribution in [0.25, 0.3) is 0 Å².